The lowest BCUT2D eigenvalue weighted by Crippen LogP contribution is -2.12. The highest BCUT2D eigenvalue weighted by Crippen LogP contribution is 2.14. The van der Waals surface area contributed by atoms with Crippen LogP contribution in [-0.2, 0) is 13.1 Å². The lowest BCUT2D eigenvalue weighted by atomic mass is 10.0. The molecule has 15 heavy (non-hydrogen) atoms. The van der Waals surface area contributed by atoms with E-state index in [-0.39, 0.29) is 0 Å². The van der Waals surface area contributed by atoms with Crippen LogP contribution in [0, 0.1) is 12.8 Å². The van der Waals surface area contributed by atoms with Crippen LogP contribution in [0.2, 0.25) is 0 Å². The summed E-state index contributed by atoms with van der Waals surface area (Å²) in [5.74, 6) is 0.756. The van der Waals surface area contributed by atoms with Gasteiger partial charge in [0.15, 0.2) is 0 Å². The maximum Gasteiger partial charge on any atom is 0.0537 e. The van der Waals surface area contributed by atoms with E-state index in [0.717, 1.165) is 19.0 Å². The second-order valence-electron chi connectivity index (χ2n) is 4.15. The fourth-order valence-corrected chi connectivity index (χ4v) is 1.82. The number of hydrogen-bond acceptors (Lipinski definition) is 2. The molecule has 0 aliphatic carbocycles. The van der Waals surface area contributed by atoms with Gasteiger partial charge >= 0.3 is 0 Å². The van der Waals surface area contributed by atoms with Crippen LogP contribution in [0.4, 0.5) is 0 Å². The summed E-state index contributed by atoms with van der Waals surface area (Å²) in [6, 6.07) is 0. The topological polar surface area (TPSA) is 29.9 Å². The Morgan fingerprint density at radius 1 is 1.40 bits per heavy atom. The molecule has 0 saturated heterocycles. The van der Waals surface area contributed by atoms with Crippen LogP contribution in [0.5, 0.6) is 0 Å². The van der Waals surface area contributed by atoms with Gasteiger partial charge in [-0.2, -0.15) is 5.10 Å². The van der Waals surface area contributed by atoms with Crippen molar-refractivity contribution >= 4 is 0 Å². The van der Waals surface area contributed by atoms with E-state index in [1.807, 2.05) is 13.2 Å². The predicted octanol–water partition coefficient (Wildman–Crippen LogP) is 2.35. The molecule has 3 heteroatoms. The van der Waals surface area contributed by atoms with Crippen molar-refractivity contribution in [3.05, 3.63) is 17.5 Å². The van der Waals surface area contributed by atoms with Crippen molar-refractivity contribution < 1.29 is 0 Å². The van der Waals surface area contributed by atoms with Crippen LogP contribution < -0.4 is 5.32 Å². The zero-order valence-electron chi connectivity index (χ0n) is 10.4. The van der Waals surface area contributed by atoms with Crippen molar-refractivity contribution in [3.8, 4) is 0 Å². The molecule has 0 amide bonds. The molecule has 0 spiro atoms. The Hall–Kier alpha value is -0.830. The van der Waals surface area contributed by atoms with E-state index in [9.17, 15) is 0 Å². The first-order valence-electron chi connectivity index (χ1n) is 5.88. The molecule has 0 unspecified atom stereocenters. The van der Waals surface area contributed by atoms with Gasteiger partial charge in [0.1, 0.15) is 0 Å². The van der Waals surface area contributed by atoms with Gasteiger partial charge in [-0.1, -0.05) is 26.7 Å². The fourth-order valence-electron chi connectivity index (χ4n) is 1.82. The minimum atomic E-state index is 0.756. The first-order valence-corrected chi connectivity index (χ1v) is 5.88. The molecular weight excluding hydrogens is 186 g/mol. The summed E-state index contributed by atoms with van der Waals surface area (Å²) in [5, 5.41) is 7.61. The smallest absolute Gasteiger partial charge is 0.0537 e. The van der Waals surface area contributed by atoms with Crippen molar-refractivity contribution in [2.75, 3.05) is 7.05 Å². The van der Waals surface area contributed by atoms with Gasteiger partial charge in [0.25, 0.3) is 0 Å². The molecule has 0 aliphatic rings. The highest BCUT2D eigenvalue weighted by molar-refractivity contribution is 5.15. The summed E-state index contributed by atoms with van der Waals surface area (Å²) in [7, 11) is 1.97. The summed E-state index contributed by atoms with van der Waals surface area (Å²) in [4.78, 5) is 0. The van der Waals surface area contributed by atoms with Crippen LogP contribution >= 0.6 is 0 Å². The van der Waals surface area contributed by atoms with Crippen molar-refractivity contribution in [1.82, 2.24) is 15.1 Å². The molecule has 0 saturated carbocycles. The fraction of sp³-hybridized carbons (Fsp3) is 0.750. The number of nitrogens with zero attached hydrogens (tertiary/aromatic N) is 2. The van der Waals surface area contributed by atoms with E-state index in [0.29, 0.717) is 0 Å². The van der Waals surface area contributed by atoms with E-state index >= 15 is 0 Å². The van der Waals surface area contributed by atoms with Gasteiger partial charge in [-0.3, -0.25) is 4.68 Å². The van der Waals surface area contributed by atoms with Crippen LogP contribution in [0.1, 0.15) is 37.9 Å². The molecule has 0 fully saturated rings. The Balaban J connectivity index is 2.69. The molecule has 86 valence electrons. The molecule has 1 aromatic rings. The molecule has 0 bridgehead atoms. The SMILES string of the molecule is CCC(CC)Cn1ncc(CNC)c1C. The Labute approximate surface area is 92.9 Å². The summed E-state index contributed by atoms with van der Waals surface area (Å²) >= 11 is 0. The van der Waals surface area contributed by atoms with E-state index in [1.54, 1.807) is 0 Å². The lowest BCUT2D eigenvalue weighted by molar-refractivity contribution is 0.391. The average molecular weight is 209 g/mol. The van der Waals surface area contributed by atoms with Gasteiger partial charge in [0, 0.05) is 24.3 Å². The second-order valence-corrected chi connectivity index (χ2v) is 4.15. The highest BCUT2D eigenvalue weighted by Gasteiger charge is 2.09. The van der Waals surface area contributed by atoms with Crippen LogP contribution in [0.15, 0.2) is 6.20 Å². The van der Waals surface area contributed by atoms with Crippen LogP contribution in [0.25, 0.3) is 0 Å². The van der Waals surface area contributed by atoms with Gasteiger partial charge in [-0.05, 0) is 19.9 Å². The van der Waals surface area contributed by atoms with Crippen molar-refractivity contribution in [2.45, 2.75) is 46.7 Å². The van der Waals surface area contributed by atoms with Crippen molar-refractivity contribution in [1.29, 1.82) is 0 Å². The summed E-state index contributed by atoms with van der Waals surface area (Å²) < 4.78 is 2.14. The molecule has 1 aromatic heterocycles. The second kappa shape index (κ2) is 5.91. The molecule has 1 N–H and O–H groups in total. The van der Waals surface area contributed by atoms with Crippen LogP contribution in [-0.4, -0.2) is 16.8 Å². The summed E-state index contributed by atoms with van der Waals surface area (Å²) in [5.41, 5.74) is 2.61. The Morgan fingerprint density at radius 3 is 2.60 bits per heavy atom. The first-order chi connectivity index (χ1) is 7.22. The highest BCUT2D eigenvalue weighted by atomic mass is 15.3. The molecule has 1 heterocycles. The molecule has 3 nitrogen and oxygen atoms in total. The van der Waals surface area contributed by atoms with Crippen LogP contribution in [0.3, 0.4) is 0 Å². The van der Waals surface area contributed by atoms with E-state index < -0.39 is 0 Å². The van der Waals surface area contributed by atoms with E-state index in [4.69, 9.17) is 0 Å². The summed E-state index contributed by atoms with van der Waals surface area (Å²) in [6.07, 6.45) is 4.45. The number of rotatable bonds is 6. The largest absolute Gasteiger partial charge is 0.316 e. The predicted molar refractivity (Wildman–Crippen MR) is 63.8 cm³/mol. The normalized spacial score (nSPS) is 11.3. The Kier molecular flexibility index (Phi) is 4.82. The number of hydrogen-bond donors (Lipinski definition) is 1. The number of aromatic nitrogens is 2. The molecule has 0 aromatic carbocycles. The maximum absolute atomic E-state index is 4.45. The first kappa shape index (κ1) is 12.2. The molecular formula is C12H23N3. The third-order valence-electron chi connectivity index (χ3n) is 3.16. The molecule has 0 aliphatic heterocycles. The number of nitrogens with one attached hydrogen (secondary N) is 1. The molecule has 0 atom stereocenters. The molecule has 1 rings (SSSR count). The van der Waals surface area contributed by atoms with Crippen molar-refractivity contribution in [2.24, 2.45) is 5.92 Å². The van der Waals surface area contributed by atoms with E-state index in [1.165, 1.54) is 24.1 Å². The lowest BCUT2D eigenvalue weighted by Gasteiger charge is -2.13. The zero-order chi connectivity index (χ0) is 11.3. The van der Waals surface area contributed by atoms with Gasteiger partial charge in [-0.25, -0.2) is 0 Å². The maximum atomic E-state index is 4.45. The minimum Gasteiger partial charge on any atom is -0.316 e. The average Bonchev–Trinajstić information content (AvgIpc) is 2.58. The van der Waals surface area contributed by atoms with Gasteiger partial charge in [-0.15, -0.1) is 0 Å². The zero-order valence-corrected chi connectivity index (χ0v) is 10.4. The quantitative estimate of drug-likeness (QED) is 0.779. The third kappa shape index (κ3) is 3.06. The Bertz CT molecular complexity index is 287. The van der Waals surface area contributed by atoms with Gasteiger partial charge in [0.05, 0.1) is 6.20 Å². The standard InChI is InChI=1S/C12H23N3/c1-5-11(6-2)9-15-10(3)12(7-13-4)8-14-15/h8,11,13H,5-7,9H2,1-4H3. The summed E-state index contributed by atoms with van der Waals surface area (Å²) in [6.45, 7) is 8.63. The monoisotopic (exact) mass is 209 g/mol. The minimum absolute atomic E-state index is 0.756. The third-order valence-corrected chi connectivity index (χ3v) is 3.16. The van der Waals surface area contributed by atoms with Crippen molar-refractivity contribution in [3.63, 3.8) is 0 Å². The Morgan fingerprint density at radius 2 is 2.07 bits per heavy atom. The van der Waals surface area contributed by atoms with Gasteiger partial charge in [0.2, 0.25) is 0 Å². The van der Waals surface area contributed by atoms with E-state index in [2.05, 4.69) is 35.9 Å². The van der Waals surface area contributed by atoms with Gasteiger partial charge < -0.3 is 5.32 Å². The molecule has 0 radical (unpaired) electrons.